The second kappa shape index (κ2) is 6.45. The number of hydrogen-bond acceptors (Lipinski definition) is 3. The number of carboxylic acid groups (broad SMARTS) is 1. The summed E-state index contributed by atoms with van der Waals surface area (Å²) in [5.74, 6) is -0.280. The third-order valence-corrected chi connectivity index (χ3v) is 3.60. The smallest absolute Gasteiger partial charge is 0.339 e. The fourth-order valence-electron chi connectivity index (χ4n) is 1.76. The molecule has 1 rings (SSSR count). The van der Waals surface area contributed by atoms with Crippen LogP contribution in [0.15, 0.2) is 10.5 Å². The molecular formula is C14H22N2O4. The van der Waals surface area contributed by atoms with Gasteiger partial charge in [-0.15, -0.1) is 0 Å². The monoisotopic (exact) mass is 282 g/mol. The quantitative estimate of drug-likeness (QED) is 0.748. The Hall–Kier alpha value is -1.98. The lowest BCUT2D eigenvalue weighted by molar-refractivity contribution is 0.0695. The molecule has 0 radical (unpaired) electrons. The number of rotatable bonds is 6. The number of aryl methyl sites for hydroxylation is 1. The third kappa shape index (κ3) is 4.01. The zero-order chi connectivity index (χ0) is 15.3. The molecule has 0 fully saturated rings. The Balaban J connectivity index is 2.57. The van der Waals surface area contributed by atoms with E-state index in [1.165, 1.54) is 6.07 Å². The van der Waals surface area contributed by atoms with Crippen molar-refractivity contribution in [1.82, 2.24) is 10.6 Å². The van der Waals surface area contributed by atoms with Crippen molar-refractivity contribution in [2.24, 2.45) is 0 Å². The molecule has 3 N–H and O–H groups in total. The molecule has 112 valence electrons. The molecule has 0 spiro atoms. The van der Waals surface area contributed by atoms with E-state index in [0.717, 1.165) is 12.8 Å². The van der Waals surface area contributed by atoms with Gasteiger partial charge in [-0.25, -0.2) is 9.59 Å². The SMILES string of the molecule is CCC(C)(CC)NC(=O)NCc1cc(C(=O)O)c(C)o1. The summed E-state index contributed by atoms with van der Waals surface area (Å²) >= 11 is 0. The Morgan fingerprint density at radius 3 is 2.40 bits per heavy atom. The molecule has 2 amide bonds. The second-order valence-corrected chi connectivity index (χ2v) is 5.06. The minimum Gasteiger partial charge on any atom is -0.478 e. The summed E-state index contributed by atoms with van der Waals surface area (Å²) < 4.78 is 5.29. The van der Waals surface area contributed by atoms with Gasteiger partial charge in [-0.1, -0.05) is 13.8 Å². The van der Waals surface area contributed by atoms with Gasteiger partial charge < -0.3 is 20.2 Å². The lowest BCUT2D eigenvalue weighted by atomic mass is 9.96. The van der Waals surface area contributed by atoms with Gasteiger partial charge in [0, 0.05) is 5.54 Å². The van der Waals surface area contributed by atoms with Crippen molar-refractivity contribution in [1.29, 1.82) is 0 Å². The van der Waals surface area contributed by atoms with E-state index >= 15 is 0 Å². The average Bonchev–Trinajstić information content (AvgIpc) is 2.77. The molecule has 6 heteroatoms. The predicted molar refractivity (Wildman–Crippen MR) is 74.8 cm³/mol. The highest BCUT2D eigenvalue weighted by Crippen LogP contribution is 2.15. The molecule has 1 heterocycles. The fraction of sp³-hybridized carbons (Fsp3) is 0.571. The highest BCUT2D eigenvalue weighted by molar-refractivity contribution is 5.88. The summed E-state index contributed by atoms with van der Waals surface area (Å²) in [5, 5.41) is 14.5. The molecule has 0 bridgehead atoms. The number of carbonyl (C=O) groups is 2. The van der Waals surface area contributed by atoms with Gasteiger partial charge in [0.05, 0.1) is 6.54 Å². The van der Waals surface area contributed by atoms with E-state index in [2.05, 4.69) is 10.6 Å². The lowest BCUT2D eigenvalue weighted by Gasteiger charge is -2.28. The first kappa shape index (κ1) is 16.1. The third-order valence-electron chi connectivity index (χ3n) is 3.60. The molecule has 20 heavy (non-hydrogen) atoms. The Bertz CT molecular complexity index is 489. The topological polar surface area (TPSA) is 91.6 Å². The molecule has 0 aliphatic carbocycles. The number of amides is 2. The van der Waals surface area contributed by atoms with Gasteiger partial charge >= 0.3 is 12.0 Å². The van der Waals surface area contributed by atoms with Crippen LogP contribution in [0.25, 0.3) is 0 Å². The Morgan fingerprint density at radius 2 is 1.95 bits per heavy atom. The van der Waals surface area contributed by atoms with Crippen LogP contribution in [0.4, 0.5) is 4.79 Å². The van der Waals surface area contributed by atoms with Crippen LogP contribution in [0.3, 0.4) is 0 Å². The van der Waals surface area contributed by atoms with Crippen LogP contribution < -0.4 is 10.6 Å². The summed E-state index contributed by atoms with van der Waals surface area (Å²) in [6.07, 6.45) is 1.67. The van der Waals surface area contributed by atoms with Crippen LogP contribution in [-0.2, 0) is 6.54 Å². The summed E-state index contributed by atoms with van der Waals surface area (Å²) in [7, 11) is 0. The van der Waals surface area contributed by atoms with Crippen molar-refractivity contribution < 1.29 is 19.1 Å². The van der Waals surface area contributed by atoms with Crippen molar-refractivity contribution in [2.75, 3.05) is 0 Å². The van der Waals surface area contributed by atoms with Gasteiger partial charge in [-0.05, 0) is 32.8 Å². The molecule has 0 saturated heterocycles. The van der Waals surface area contributed by atoms with E-state index in [9.17, 15) is 9.59 Å². The van der Waals surface area contributed by atoms with Gasteiger partial charge in [0.15, 0.2) is 0 Å². The van der Waals surface area contributed by atoms with E-state index in [-0.39, 0.29) is 23.7 Å². The van der Waals surface area contributed by atoms with Crippen molar-refractivity contribution in [3.8, 4) is 0 Å². The lowest BCUT2D eigenvalue weighted by Crippen LogP contribution is -2.49. The first-order valence-corrected chi connectivity index (χ1v) is 6.70. The zero-order valence-corrected chi connectivity index (χ0v) is 12.4. The highest BCUT2D eigenvalue weighted by Gasteiger charge is 2.22. The Morgan fingerprint density at radius 1 is 1.35 bits per heavy atom. The van der Waals surface area contributed by atoms with Crippen LogP contribution in [0, 0.1) is 6.92 Å². The standard InChI is InChI=1S/C14H22N2O4/c1-5-14(4,6-2)16-13(19)15-8-10-7-11(12(17)18)9(3)20-10/h7H,5-6,8H2,1-4H3,(H,17,18)(H2,15,16,19). The number of urea groups is 1. The summed E-state index contributed by atoms with van der Waals surface area (Å²) in [5.41, 5.74) is -0.121. The van der Waals surface area contributed by atoms with Gasteiger partial charge in [-0.3, -0.25) is 0 Å². The maximum Gasteiger partial charge on any atom is 0.339 e. The molecular weight excluding hydrogens is 260 g/mol. The minimum absolute atomic E-state index is 0.120. The number of furan rings is 1. The van der Waals surface area contributed by atoms with Crippen molar-refractivity contribution in [3.05, 3.63) is 23.2 Å². The summed E-state index contributed by atoms with van der Waals surface area (Å²) in [6.45, 7) is 7.74. The molecule has 1 aromatic rings. The van der Waals surface area contributed by atoms with Gasteiger partial charge in [0.1, 0.15) is 17.1 Å². The van der Waals surface area contributed by atoms with Crippen LogP contribution in [0.1, 0.15) is 55.5 Å². The average molecular weight is 282 g/mol. The summed E-state index contributed by atoms with van der Waals surface area (Å²) in [4.78, 5) is 22.7. The number of carboxylic acids is 1. The molecule has 0 aliphatic heterocycles. The number of carbonyl (C=O) groups excluding carboxylic acids is 1. The largest absolute Gasteiger partial charge is 0.478 e. The number of nitrogens with one attached hydrogen (secondary N) is 2. The molecule has 0 aliphatic rings. The maximum atomic E-state index is 11.8. The minimum atomic E-state index is -1.04. The summed E-state index contributed by atoms with van der Waals surface area (Å²) in [6, 6.07) is 1.14. The van der Waals surface area contributed by atoms with Gasteiger partial charge in [0.2, 0.25) is 0 Å². The highest BCUT2D eigenvalue weighted by atomic mass is 16.4. The molecule has 1 aromatic heterocycles. The van der Waals surface area contributed by atoms with E-state index in [4.69, 9.17) is 9.52 Å². The van der Waals surface area contributed by atoms with E-state index in [1.54, 1.807) is 6.92 Å². The molecule has 0 unspecified atom stereocenters. The Labute approximate surface area is 118 Å². The van der Waals surface area contributed by atoms with Crippen molar-refractivity contribution >= 4 is 12.0 Å². The van der Waals surface area contributed by atoms with Crippen LogP contribution in [0.2, 0.25) is 0 Å². The van der Waals surface area contributed by atoms with E-state index in [0.29, 0.717) is 11.5 Å². The van der Waals surface area contributed by atoms with Crippen molar-refractivity contribution in [2.45, 2.75) is 52.6 Å². The van der Waals surface area contributed by atoms with E-state index in [1.807, 2.05) is 20.8 Å². The van der Waals surface area contributed by atoms with Crippen LogP contribution >= 0.6 is 0 Å². The van der Waals surface area contributed by atoms with Crippen LogP contribution in [0.5, 0.6) is 0 Å². The molecule has 6 nitrogen and oxygen atoms in total. The molecule has 0 aromatic carbocycles. The first-order chi connectivity index (χ1) is 9.31. The van der Waals surface area contributed by atoms with Crippen molar-refractivity contribution in [3.63, 3.8) is 0 Å². The first-order valence-electron chi connectivity index (χ1n) is 6.70. The molecule has 0 saturated carbocycles. The van der Waals surface area contributed by atoms with Gasteiger partial charge in [0.25, 0.3) is 0 Å². The second-order valence-electron chi connectivity index (χ2n) is 5.06. The normalized spacial score (nSPS) is 11.2. The number of hydrogen-bond donors (Lipinski definition) is 3. The Kier molecular flexibility index (Phi) is 5.19. The van der Waals surface area contributed by atoms with E-state index < -0.39 is 5.97 Å². The molecule has 0 atom stereocenters. The van der Waals surface area contributed by atoms with Gasteiger partial charge in [-0.2, -0.15) is 0 Å². The maximum absolute atomic E-state index is 11.8. The van der Waals surface area contributed by atoms with Crippen LogP contribution in [-0.4, -0.2) is 22.6 Å². The predicted octanol–water partition coefficient (Wildman–Crippen LogP) is 2.66. The zero-order valence-electron chi connectivity index (χ0n) is 12.4. The number of aromatic carboxylic acids is 1. The fourth-order valence-corrected chi connectivity index (χ4v) is 1.76.